The molecule has 2 fully saturated rings. The molecule has 2 saturated heterocycles. The Morgan fingerprint density at radius 3 is 2.76 bits per heavy atom. The van der Waals surface area contributed by atoms with Crippen LogP contribution >= 0.6 is 0 Å². The first-order valence-corrected chi connectivity index (χ1v) is 10.1. The average Bonchev–Trinajstić information content (AvgIpc) is 3.23. The molecule has 0 saturated carbocycles. The Labute approximate surface area is 170 Å². The van der Waals surface area contributed by atoms with Crippen molar-refractivity contribution in [2.24, 2.45) is 5.73 Å². The highest BCUT2D eigenvalue weighted by atomic mass is 16.5. The van der Waals surface area contributed by atoms with E-state index in [9.17, 15) is 4.79 Å². The predicted octanol–water partition coefficient (Wildman–Crippen LogP) is 0.964. The lowest BCUT2D eigenvalue weighted by Gasteiger charge is -2.43. The van der Waals surface area contributed by atoms with Crippen molar-refractivity contribution >= 4 is 11.6 Å². The number of ether oxygens (including phenoxy) is 1. The van der Waals surface area contributed by atoms with Gasteiger partial charge >= 0.3 is 0 Å². The standard InChI is InChI=1S/C20H28N6O3/c1-28-17-7-3-2-6-16(17)26-11-9-25(10-12-26)15-5-4-8-24(13-15)14-18-22-20(19(21)27)23-29-18/h2-3,6-7,15H,4-5,8-14H2,1H3,(H2,21,27)/t15-/m1/s1. The third-order valence-corrected chi connectivity index (χ3v) is 5.78. The first kappa shape index (κ1) is 19.7. The molecule has 0 spiro atoms. The van der Waals surface area contributed by atoms with Crippen molar-refractivity contribution in [2.75, 3.05) is 51.3 Å². The number of methoxy groups -OCH3 is 1. The summed E-state index contributed by atoms with van der Waals surface area (Å²) in [6.45, 7) is 6.55. The second-order valence-corrected chi connectivity index (χ2v) is 7.60. The van der Waals surface area contributed by atoms with Crippen LogP contribution in [0, 0.1) is 0 Å². The maximum atomic E-state index is 11.1. The number of piperazine rings is 1. The fraction of sp³-hybridized carbons (Fsp3) is 0.550. The number of carbonyl (C=O) groups excluding carboxylic acids is 1. The first-order valence-electron chi connectivity index (χ1n) is 10.1. The maximum Gasteiger partial charge on any atom is 0.290 e. The number of carbonyl (C=O) groups is 1. The van der Waals surface area contributed by atoms with Gasteiger partial charge in [-0.1, -0.05) is 17.3 Å². The topological polar surface area (TPSA) is 101 Å². The number of likely N-dealkylation sites (tertiary alicyclic amines) is 1. The van der Waals surface area contributed by atoms with E-state index in [1.807, 2.05) is 12.1 Å². The van der Waals surface area contributed by atoms with E-state index in [1.54, 1.807) is 7.11 Å². The number of primary amides is 1. The highest BCUT2D eigenvalue weighted by Gasteiger charge is 2.29. The Morgan fingerprint density at radius 2 is 2.03 bits per heavy atom. The Hall–Kier alpha value is -2.65. The number of hydrogen-bond donors (Lipinski definition) is 1. The van der Waals surface area contributed by atoms with Gasteiger partial charge in [0.05, 0.1) is 19.3 Å². The van der Waals surface area contributed by atoms with Gasteiger partial charge in [0.2, 0.25) is 5.89 Å². The van der Waals surface area contributed by atoms with E-state index in [0.29, 0.717) is 18.5 Å². The van der Waals surface area contributed by atoms with Crippen molar-refractivity contribution in [3.05, 3.63) is 36.0 Å². The van der Waals surface area contributed by atoms with Crippen LogP contribution in [-0.4, -0.2) is 78.3 Å². The molecule has 3 heterocycles. The van der Waals surface area contributed by atoms with E-state index in [1.165, 1.54) is 12.1 Å². The SMILES string of the molecule is COc1ccccc1N1CCN([C@@H]2CCCN(Cc3nc(C(N)=O)no3)C2)CC1. The number of nitrogens with zero attached hydrogens (tertiary/aromatic N) is 5. The van der Waals surface area contributed by atoms with E-state index >= 15 is 0 Å². The molecule has 0 unspecified atom stereocenters. The van der Waals surface area contributed by atoms with Gasteiger partial charge in [-0.15, -0.1) is 0 Å². The van der Waals surface area contributed by atoms with E-state index in [2.05, 4.69) is 37.0 Å². The van der Waals surface area contributed by atoms with Crippen LogP contribution in [0.2, 0.25) is 0 Å². The molecule has 1 amide bonds. The minimum atomic E-state index is -0.663. The summed E-state index contributed by atoms with van der Waals surface area (Å²) in [5.41, 5.74) is 6.36. The quantitative estimate of drug-likeness (QED) is 0.765. The lowest BCUT2D eigenvalue weighted by atomic mass is 10.0. The minimum absolute atomic E-state index is 0.0546. The molecule has 2 aliphatic heterocycles. The molecule has 29 heavy (non-hydrogen) atoms. The molecule has 9 heteroatoms. The van der Waals surface area contributed by atoms with Crippen LogP contribution < -0.4 is 15.4 Å². The summed E-state index contributed by atoms with van der Waals surface area (Å²) in [5, 5.41) is 3.63. The molecule has 156 valence electrons. The smallest absolute Gasteiger partial charge is 0.290 e. The molecule has 2 aromatic rings. The molecule has 1 aromatic carbocycles. The number of nitrogens with two attached hydrogens (primary N) is 1. The zero-order valence-electron chi connectivity index (χ0n) is 16.8. The van der Waals surface area contributed by atoms with Gasteiger partial charge in [-0.2, -0.15) is 4.98 Å². The number of piperidine rings is 1. The van der Waals surface area contributed by atoms with Crippen LogP contribution in [0.3, 0.4) is 0 Å². The van der Waals surface area contributed by atoms with E-state index in [0.717, 1.165) is 51.4 Å². The number of rotatable bonds is 6. The van der Waals surface area contributed by atoms with Gasteiger partial charge < -0.3 is 19.9 Å². The fourth-order valence-electron chi connectivity index (χ4n) is 4.30. The number of benzene rings is 1. The first-order chi connectivity index (χ1) is 14.1. The van der Waals surface area contributed by atoms with Gasteiger partial charge in [-0.05, 0) is 31.5 Å². The molecule has 9 nitrogen and oxygen atoms in total. The summed E-state index contributed by atoms with van der Waals surface area (Å²) < 4.78 is 10.7. The third-order valence-electron chi connectivity index (χ3n) is 5.78. The molecule has 0 aliphatic carbocycles. The summed E-state index contributed by atoms with van der Waals surface area (Å²) >= 11 is 0. The van der Waals surface area contributed by atoms with Gasteiger partial charge in [-0.25, -0.2) is 0 Å². The number of para-hydroxylation sites is 2. The van der Waals surface area contributed by atoms with Gasteiger partial charge in [0.15, 0.2) is 0 Å². The van der Waals surface area contributed by atoms with Crippen molar-refractivity contribution < 1.29 is 14.1 Å². The van der Waals surface area contributed by atoms with Gasteiger partial charge in [0, 0.05) is 38.8 Å². The van der Waals surface area contributed by atoms with Crippen molar-refractivity contribution in [2.45, 2.75) is 25.4 Å². The second kappa shape index (κ2) is 8.79. The van der Waals surface area contributed by atoms with Crippen LogP contribution in [-0.2, 0) is 6.54 Å². The third kappa shape index (κ3) is 4.51. The van der Waals surface area contributed by atoms with Gasteiger partial charge in [0.1, 0.15) is 5.75 Å². The number of hydrogen-bond acceptors (Lipinski definition) is 8. The van der Waals surface area contributed by atoms with Crippen LogP contribution in [0.15, 0.2) is 28.8 Å². The fourth-order valence-corrected chi connectivity index (χ4v) is 4.30. The highest BCUT2D eigenvalue weighted by Crippen LogP contribution is 2.29. The zero-order chi connectivity index (χ0) is 20.2. The summed E-state index contributed by atoms with van der Waals surface area (Å²) in [6.07, 6.45) is 2.33. The number of aromatic nitrogens is 2. The Balaban J connectivity index is 1.32. The van der Waals surface area contributed by atoms with Crippen molar-refractivity contribution in [3.63, 3.8) is 0 Å². The molecule has 0 bridgehead atoms. The highest BCUT2D eigenvalue weighted by molar-refractivity contribution is 5.88. The molecule has 2 N–H and O–H groups in total. The van der Waals surface area contributed by atoms with Gasteiger partial charge in [-0.3, -0.25) is 14.6 Å². The number of amides is 1. The minimum Gasteiger partial charge on any atom is -0.495 e. The maximum absolute atomic E-state index is 11.1. The summed E-state index contributed by atoms with van der Waals surface area (Å²) in [7, 11) is 1.72. The van der Waals surface area contributed by atoms with Crippen molar-refractivity contribution in [3.8, 4) is 5.75 Å². The molecule has 1 aromatic heterocycles. The van der Waals surface area contributed by atoms with Crippen molar-refractivity contribution in [1.82, 2.24) is 19.9 Å². The normalized spacial score (nSPS) is 21.3. The number of anilines is 1. The predicted molar refractivity (Wildman–Crippen MR) is 108 cm³/mol. The average molecular weight is 400 g/mol. The lowest BCUT2D eigenvalue weighted by Crippen LogP contribution is -2.55. The van der Waals surface area contributed by atoms with Crippen LogP contribution in [0.1, 0.15) is 29.4 Å². The second-order valence-electron chi connectivity index (χ2n) is 7.60. The van der Waals surface area contributed by atoms with Crippen LogP contribution in [0.25, 0.3) is 0 Å². The van der Waals surface area contributed by atoms with Crippen LogP contribution in [0.4, 0.5) is 5.69 Å². The Bertz CT molecular complexity index is 833. The summed E-state index contributed by atoms with van der Waals surface area (Å²) in [5.74, 6) is 0.658. The Kier molecular flexibility index (Phi) is 5.96. The van der Waals surface area contributed by atoms with E-state index < -0.39 is 5.91 Å². The van der Waals surface area contributed by atoms with Crippen LogP contribution in [0.5, 0.6) is 5.75 Å². The largest absolute Gasteiger partial charge is 0.495 e. The van der Waals surface area contributed by atoms with Crippen molar-refractivity contribution in [1.29, 1.82) is 0 Å². The van der Waals surface area contributed by atoms with Gasteiger partial charge in [0.25, 0.3) is 11.7 Å². The summed E-state index contributed by atoms with van der Waals surface area (Å²) in [6, 6.07) is 8.72. The lowest BCUT2D eigenvalue weighted by molar-refractivity contribution is 0.0825. The molecule has 1 atom stereocenters. The van der Waals surface area contributed by atoms with E-state index in [4.69, 9.17) is 15.0 Å². The molecule has 4 rings (SSSR count). The zero-order valence-corrected chi connectivity index (χ0v) is 16.8. The monoisotopic (exact) mass is 400 g/mol. The molecular formula is C20H28N6O3. The molecule has 0 radical (unpaired) electrons. The summed E-state index contributed by atoms with van der Waals surface area (Å²) in [4.78, 5) is 22.5. The molecule has 2 aliphatic rings. The Morgan fingerprint density at radius 1 is 1.24 bits per heavy atom. The van der Waals surface area contributed by atoms with E-state index in [-0.39, 0.29) is 5.82 Å². The molecular weight excluding hydrogens is 372 g/mol.